The highest BCUT2D eigenvalue weighted by Gasteiger charge is 2.46. The number of carbonyl (C=O) groups is 1. The van der Waals surface area contributed by atoms with E-state index in [0.29, 0.717) is 19.6 Å². The number of hydrogen-bond acceptors (Lipinski definition) is 4. The predicted octanol–water partition coefficient (Wildman–Crippen LogP) is 0.0803. The van der Waals surface area contributed by atoms with Gasteiger partial charge >= 0.3 is 0 Å². The number of ether oxygens (including phenoxy) is 1. The maximum absolute atomic E-state index is 11.6. The first kappa shape index (κ1) is 10.9. The fraction of sp³-hybridized carbons (Fsp3) is 0.900. The molecule has 0 aromatic rings. The minimum atomic E-state index is -0.552. The molecule has 2 saturated heterocycles. The molecular weight excluding hydrogens is 198 g/mol. The van der Waals surface area contributed by atoms with Gasteiger partial charge in [-0.2, -0.15) is 0 Å². The molecule has 5 heteroatoms. The van der Waals surface area contributed by atoms with Gasteiger partial charge in [-0.15, -0.1) is 0 Å². The lowest BCUT2D eigenvalue weighted by molar-refractivity contribution is -0.223. The minimum absolute atomic E-state index is 0.0298. The molecule has 1 unspecified atom stereocenters. The predicted molar refractivity (Wildman–Crippen MR) is 51.9 cm³/mol. The third-order valence-corrected chi connectivity index (χ3v) is 2.89. The fourth-order valence-electron chi connectivity index (χ4n) is 2.07. The molecule has 0 saturated carbocycles. The van der Waals surface area contributed by atoms with Crippen molar-refractivity contribution in [3.63, 3.8) is 0 Å². The topological polar surface area (TPSA) is 59.0 Å². The summed E-state index contributed by atoms with van der Waals surface area (Å²) in [4.78, 5) is 17.3. The van der Waals surface area contributed by atoms with Crippen molar-refractivity contribution in [3.8, 4) is 0 Å². The van der Waals surface area contributed by atoms with Gasteiger partial charge in [0.15, 0.2) is 0 Å². The van der Waals surface area contributed by atoms with Crippen LogP contribution in [0.5, 0.6) is 0 Å². The van der Waals surface area contributed by atoms with Crippen molar-refractivity contribution in [3.05, 3.63) is 0 Å². The Morgan fingerprint density at radius 1 is 1.53 bits per heavy atom. The number of β-amino-alcohol motifs (C(OH)–C–C–N with tert-alkyl or cyclic N) is 1. The van der Waals surface area contributed by atoms with Gasteiger partial charge in [-0.3, -0.25) is 9.63 Å². The number of aliphatic hydroxyl groups excluding tert-OH is 1. The number of nitrogens with zero attached hydrogens (tertiary/aromatic N) is 1. The van der Waals surface area contributed by atoms with E-state index in [2.05, 4.69) is 0 Å². The van der Waals surface area contributed by atoms with Crippen LogP contribution in [0.3, 0.4) is 0 Å². The molecule has 1 spiro atoms. The summed E-state index contributed by atoms with van der Waals surface area (Å²) in [6.07, 6.45) is 1.39. The van der Waals surface area contributed by atoms with Crippen molar-refractivity contribution in [2.45, 2.75) is 37.9 Å². The van der Waals surface area contributed by atoms with Gasteiger partial charge in [-0.25, -0.2) is 5.06 Å². The zero-order chi connectivity index (χ0) is 10.9. The standard InChI is InChI=1S/C10H17NO4/c1-8(12)7-11-9(13)6-10(15-11)2-4-14-5-3-10/h8,12H,2-7H2,1H3. The number of carbonyl (C=O) groups excluding carboxylic acids is 1. The van der Waals surface area contributed by atoms with E-state index in [4.69, 9.17) is 9.57 Å². The summed E-state index contributed by atoms with van der Waals surface area (Å²) in [7, 11) is 0. The van der Waals surface area contributed by atoms with Crippen LogP contribution in [0.1, 0.15) is 26.2 Å². The quantitative estimate of drug-likeness (QED) is 0.708. The average molecular weight is 215 g/mol. The van der Waals surface area contributed by atoms with Crippen LogP contribution in [0.2, 0.25) is 0 Å². The lowest BCUT2D eigenvalue weighted by Gasteiger charge is -2.31. The summed E-state index contributed by atoms with van der Waals surface area (Å²) >= 11 is 0. The molecule has 0 aromatic carbocycles. The van der Waals surface area contributed by atoms with Crippen LogP contribution >= 0.6 is 0 Å². The van der Waals surface area contributed by atoms with Gasteiger partial charge in [0.25, 0.3) is 0 Å². The molecule has 15 heavy (non-hydrogen) atoms. The van der Waals surface area contributed by atoms with Gasteiger partial charge in [0, 0.05) is 26.1 Å². The Morgan fingerprint density at radius 3 is 2.80 bits per heavy atom. The van der Waals surface area contributed by atoms with Gasteiger partial charge in [-0.1, -0.05) is 0 Å². The molecule has 86 valence electrons. The first-order valence-corrected chi connectivity index (χ1v) is 5.37. The second-order valence-corrected chi connectivity index (χ2v) is 4.37. The Labute approximate surface area is 88.9 Å². The first-order valence-electron chi connectivity index (χ1n) is 5.37. The van der Waals surface area contributed by atoms with Crippen molar-refractivity contribution < 1.29 is 19.5 Å². The molecule has 2 heterocycles. The summed E-state index contributed by atoms with van der Waals surface area (Å²) in [5, 5.41) is 10.5. The van der Waals surface area contributed by atoms with Crippen LogP contribution in [-0.4, -0.2) is 47.5 Å². The maximum Gasteiger partial charge on any atom is 0.249 e. The van der Waals surface area contributed by atoms with E-state index in [1.54, 1.807) is 6.92 Å². The van der Waals surface area contributed by atoms with Crippen molar-refractivity contribution in [2.75, 3.05) is 19.8 Å². The fourth-order valence-corrected chi connectivity index (χ4v) is 2.07. The van der Waals surface area contributed by atoms with Crippen LogP contribution in [0, 0.1) is 0 Å². The molecule has 5 nitrogen and oxygen atoms in total. The molecule has 2 rings (SSSR count). The van der Waals surface area contributed by atoms with Crippen LogP contribution in [0.25, 0.3) is 0 Å². The molecule has 0 aliphatic carbocycles. The Morgan fingerprint density at radius 2 is 2.20 bits per heavy atom. The maximum atomic E-state index is 11.6. The zero-order valence-corrected chi connectivity index (χ0v) is 8.94. The molecule has 1 N–H and O–H groups in total. The SMILES string of the molecule is CC(O)CN1OC2(CCOCC2)CC1=O. The van der Waals surface area contributed by atoms with E-state index in [1.807, 2.05) is 0 Å². The Balaban J connectivity index is 1.98. The van der Waals surface area contributed by atoms with Gasteiger partial charge in [0.1, 0.15) is 5.60 Å². The Bertz CT molecular complexity index is 248. The van der Waals surface area contributed by atoms with Crippen molar-refractivity contribution in [1.29, 1.82) is 0 Å². The van der Waals surface area contributed by atoms with Crippen molar-refractivity contribution in [1.82, 2.24) is 5.06 Å². The number of hydroxylamine groups is 2. The Hall–Kier alpha value is -0.650. The van der Waals surface area contributed by atoms with E-state index in [0.717, 1.165) is 12.8 Å². The highest BCUT2D eigenvalue weighted by Crippen LogP contribution is 2.35. The second-order valence-electron chi connectivity index (χ2n) is 4.37. The molecule has 2 fully saturated rings. The summed E-state index contributed by atoms with van der Waals surface area (Å²) in [6, 6.07) is 0. The van der Waals surface area contributed by atoms with Gasteiger partial charge < -0.3 is 9.84 Å². The van der Waals surface area contributed by atoms with E-state index in [-0.39, 0.29) is 18.1 Å². The summed E-state index contributed by atoms with van der Waals surface area (Å²) in [5.41, 5.74) is -0.357. The van der Waals surface area contributed by atoms with Crippen LogP contribution in [0.15, 0.2) is 0 Å². The van der Waals surface area contributed by atoms with Crippen LogP contribution in [-0.2, 0) is 14.4 Å². The van der Waals surface area contributed by atoms with Crippen molar-refractivity contribution >= 4 is 5.91 Å². The first-order chi connectivity index (χ1) is 7.11. The average Bonchev–Trinajstić information content (AvgIpc) is 2.43. The molecule has 0 bridgehead atoms. The lowest BCUT2D eigenvalue weighted by Crippen LogP contribution is -2.38. The molecule has 2 aliphatic heterocycles. The Kier molecular flexibility index (Phi) is 2.95. The van der Waals surface area contributed by atoms with Crippen molar-refractivity contribution in [2.24, 2.45) is 0 Å². The molecule has 1 amide bonds. The monoisotopic (exact) mass is 215 g/mol. The third kappa shape index (κ3) is 2.30. The van der Waals surface area contributed by atoms with Crippen LogP contribution < -0.4 is 0 Å². The van der Waals surface area contributed by atoms with Gasteiger partial charge in [0.05, 0.1) is 19.1 Å². The van der Waals surface area contributed by atoms with Crippen LogP contribution in [0.4, 0.5) is 0 Å². The number of rotatable bonds is 2. The molecular formula is C10H17NO4. The van der Waals surface area contributed by atoms with E-state index >= 15 is 0 Å². The molecule has 1 atom stereocenters. The lowest BCUT2D eigenvalue weighted by atomic mass is 9.91. The van der Waals surface area contributed by atoms with E-state index in [1.165, 1.54) is 5.06 Å². The van der Waals surface area contributed by atoms with Gasteiger partial charge in [0.2, 0.25) is 5.91 Å². The normalized spacial score (nSPS) is 27.3. The minimum Gasteiger partial charge on any atom is -0.391 e. The summed E-state index contributed by atoms with van der Waals surface area (Å²) < 4.78 is 5.25. The number of hydrogen-bond donors (Lipinski definition) is 1. The van der Waals surface area contributed by atoms with Gasteiger partial charge in [-0.05, 0) is 6.92 Å². The molecule has 2 aliphatic rings. The van der Waals surface area contributed by atoms with E-state index < -0.39 is 6.10 Å². The second kappa shape index (κ2) is 4.08. The summed E-state index contributed by atoms with van der Waals surface area (Å²) in [6.45, 7) is 3.19. The number of amides is 1. The zero-order valence-electron chi connectivity index (χ0n) is 8.94. The summed E-state index contributed by atoms with van der Waals surface area (Å²) in [5.74, 6) is -0.0298. The smallest absolute Gasteiger partial charge is 0.249 e. The van der Waals surface area contributed by atoms with E-state index in [9.17, 15) is 9.90 Å². The third-order valence-electron chi connectivity index (χ3n) is 2.89. The number of aliphatic hydroxyl groups is 1. The highest BCUT2D eigenvalue weighted by atomic mass is 16.7. The molecule has 0 radical (unpaired) electrons. The largest absolute Gasteiger partial charge is 0.391 e. The highest BCUT2D eigenvalue weighted by molar-refractivity contribution is 5.78. The molecule has 0 aromatic heterocycles.